The molecule has 5 heteroatoms. The molecule has 0 N–H and O–H groups in total. The van der Waals surface area contributed by atoms with E-state index in [1.54, 1.807) is 12.1 Å². The highest BCUT2D eigenvalue weighted by molar-refractivity contribution is 6.29. The molecule has 0 saturated heterocycles. The maximum absolute atomic E-state index is 12.5. The summed E-state index contributed by atoms with van der Waals surface area (Å²) in [6, 6.07) is 6.14. The number of pyridine rings is 1. The van der Waals surface area contributed by atoms with Gasteiger partial charge in [-0.05, 0) is 24.3 Å². The molecule has 0 radical (unpaired) electrons. The summed E-state index contributed by atoms with van der Waals surface area (Å²) in [5.74, 6) is -0.379. The molecule has 0 aliphatic heterocycles. The maximum Gasteiger partial charge on any atom is 0.151 e. The molecule has 0 amide bonds. The van der Waals surface area contributed by atoms with E-state index in [2.05, 4.69) is 15.2 Å². The van der Waals surface area contributed by atoms with Crippen LogP contribution in [0, 0.1) is 5.82 Å². The highest BCUT2D eigenvalue weighted by atomic mass is 35.5. The number of nitrogens with zero attached hydrogens (tertiary/aromatic N) is 3. The van der Waals surface area contributed by atoms with Crippen molar-refractivity contribution >= 4 is 11.6 Å². The third-order valence-electron chi connectivity index (χ3n) is 1.62. The minimum absolute atomic E-state index is 0.316. The van der Waals surface area contributed by atoms with Crippen LogP contribution >= 0.6 is 11.6 Å². The van der Waals surface area contributed by atoms with E-state index in [0.717, 1.165) is 6.20 Å². The topological polar surface area (TPSA) is 38.7 Å². The van der Waals surface area contributed by atoms with Crippen LogP contribution < -0.4 is 0 Å². The summed E-state index contributed by atoms with van der Waals surface area (Å²) < 4.78 is 12.5. The summed E-state index contributed by atoms with van der Waals surface area (Å²) in [7, 11) is 0. The Morgan fingerprint density at radius 1 is 1.00 bits per heavy atom. The number of halogens is 2. The van der Waals surface area contributed by atoms with Gasteiger partial charge in [0.1, 0.15) is 11.5 Å². The first kappa shape index (κ1) is 9.02. The highest BCUT2D eigenvalue weighted by Crippen LogP contribution is 2.14. The third-order valence-corrected chi connectivity index (χ3v) is 1.82. The Hall–Kier alpha value is -1.55. The standard InChI is InChI=1S/C9H5ClFN3/c10-9-4-3-8(13-14-9)7-2-1-6(11)5-12-7/h1-5H. The Balaban J connectivity index is 2.40. The van der Waals surface area contributed by atoms with Crippen molar-refractivity contribution in [3.8, 4) is 11.4 Å². The van der Waals surface area contributed by atoms with Gasteiger partial charge in [0, 0.05) is 0 Å². The zero-order valence-electron chi connectivity index (χ0n) is 6.98. The molecule has 3 nitrogen and oxygen atoms in total. The lowest BCUT2D eigenvalue weighted by molar-refractivity contribution is 0.621. The van der Waals surface area contributed by atoms with Crippen molar-refractivity contribution in [2.75, 3.05) is 0 Å². The second-order valence-corrected chi connectivity index (χ2v) is 2.99. The highest BCUT2D eigenvalue weighted by Gasteiger charge is 2.01. The van der Waals surface area contributed by atoms with Crippen LogP contribution in [0.1, 0.15) is 0 Å². The molecule has 0 aromatic carbocycles. The second kappa shape index (κ2) is 3.67. The van der Waals surface area contributed by atoms with Crippen molar-refractivity contribution in [1.82, 2.24) is 15.2 Å². The van der Waals surface area contributed by atoms with Crippen LogP contribution in [0.4, 0.5) is 4.39 Å². The fourth-order valence-corrected chi connectivity index (χ4v) is 1.08. The summed E-state index contributed by atoms with van der Waals surface area (Å²) in [4.78, 5) is 3.86. The van der Waals surface area contributed by atoms with Crippen molar-refractivity contribution in [2.45, 2.75) is 0 Å². The average molecular weight is 210 g/mol. The average Bonchev–Trinajstić information content (AvgIpc) is 2.21. The Morgan fingerprint density at radius 3 is 2.36 bits per heavy atom. The van der Waals surface area contributed by atoms with Crippen LogP contribution in [0.25, 0.3) is 11.4 Å². The first-order valence-electron chi connectivity index (χ1n) is 3.87. The quantitative estimate of drug-likeness (QED) is 0.724. The second-order valence-electron chi connectivity index (χ2n) is 2.60. The molecule has 2 rings (SSSR count). The molecule has 0 fully saturated rings. The smallest absolute Gasteiger partial charge is 0.151 e. The summed E-state index contributed by atoms with van der Waals surface area (Å²) >= 11 is 5.57. The van der Waals surface area contributed by atoms with Crippen molar-refractivity contribution in [1.29, 1.82) is 0 Å². The predicted molar refractivity (Wildman–Crippen MR) is 50.2 cm³/mol. The molecule has 0 unspecified atom stereocenters. The van der Waals surface area contributed by atoms with Gasteiger partial charge in [-0.15, -0.1) is 10.2 Å². The van der Waals surface area contributed by atoms with Crippen LogP contribution in [0.2, 0.25) is 5.15 Å². The molecule has 70 valence electrons. The van der Waals surface area contributed by atoms with Crippen molar-refractivity contribution < 1.29 is 4.39 Å². The van der Waals surface area contributed by atoms with Crippen LogP contribution in [-0.4, -0.2) is 15.2 Å². The van der Waals surface area contributed by atoms with Gasteiger partial charge in [0.2, 0.25) is 0 Å². The van der Waals surface area contributed by atoms with E-state index in [1.807, 2.05) is 0 Å². The normalized spacial score (nSPS) is 10.1. The molecule has 0 aliphatic carbocycles. The predicted octanol–water partition coefficient (Wildman–Crippen LogP) is 2.33. The van der Waals surface area contributed by atoms with Gasteiger partial charge in [-0.3, -0.25) is 4.98 Å². The lowest BCUT2D eigenvalue weighted by Crippen LogP contribution is -1.90. The van der Waals surface area contributed by atoms with Crippen molar-refractivity contribution in [2.24, 2.45) is 0 Å². The molecule has 14 heavy (non-hydrogen) atoms. The number of hydrogen-bond donors (Lipinski definition) is 0. The lowest BCUT2D eigenvalue weighted by Gasteiger charge is -1.97. The number of rotatable bonds is 1. The zero-order valence-corrected chi connectivity index (χ0v) is 7.74. The summed E-state index contributed by atoms with van der Waals surface area (Å²) in [6.45, 7) is 0. The van der Waals surface area contributed by atoms with Gasteiger partial charge in [0.15, 0.2) is 5.15 Å². The van der Waals surface area contributed by atoms with Gasteiger partial charge in [0.25, 0.3) is 0 Å². The molecule has 0 atom stereocenters. The monoisotopic (exact) mass is 209 g/mol. The first-order chi connectivity index (χ1) is 6.75. The van der Waals surface area contributed by atoms with E-state index < -0.39 is 0 Å². The minimum Gasteiger partial charge on any atom is -0.251 e. The van der Waals surface area contributed by atoms with Crippen molar-refractivity contribution in [3.05, 3.63) is 41.4 Å². The van der Waals surface area contributed by atoms with E-state index in [-0.39, 0.29) is 5.82 Å². The fraction of sp³-hybridized carbons (Fsp3) is 0. The molecule has 0 aliphatic rings. The third kappa shape index (κ3) is 1.85. The Bertz CT molecular complexity index is 383. The molecule has 2 aromatic heterocycles. The van der Waals surface area contributed by atoms with Crippen molar-refractivity contribution in [3.63, 3.8) is 0 Å². The van der Waals surface area contributed by atoms with Crippen LogP contribution in [0.15, 0.2) is 30.5 Å². The van der Waals surface area contributed by atoms with E-state index in [9.17, 15) is 4.39 Å². The number of hydrogen-bond acceptors (Lipinski definition) is 3. The molecule has 2 aromatic rings. The molecular formula is C9H5ClFN3. The van der Waals surface area contributed by atoms with E-state index >= 15 is 0 Å². The summed E-state index contributed by atoms with van der Waals surface area (Å²) in [5.41, 5.74) is 1.13. The Labute approximate surface area is 84.6 Å². The minimum atomic E-state index is -0.379. The van der Waals surface area contributed by atoms with E-state index in [1.165, 1.54) is 12.1 Å². The van der Waals surface area contributed by atoms with Gasteiger partial charge in [0.05, 0.1) is 11.9 Å². The lowest BCUT2D eigenvalue weighted by atomic mass is 10.2. The van der Waals surface area contributed by atoms with Gasteiger partial charge in [-0.1, -0.05) is 11.6 Å². The number of aromatic nitrogens is 3. The largest absolute Gasteiger partial charge is 0.251 e. The zero-order chi connectivity index (χ0) is 9.97. The van der Waals surface area contributed by atoms with E-state index in [4.69, 9.17) is 11.6 Å². The van der Waals surface area contributed by atoms with Gasteiger partial charge in [-0.25, -0.2) is 4.39 Å². The summed E-state index contributed by atoms with van der Waals surface area (Å²) in [5, 5.41) is 7.79. The Kier molecular flexibility index (Phi) is 2.37. The molecular weight excluding hydrogens is 205 g/mol. The SMILES string of the molecule is Fc1ccc(-c2ccc(Cl)nn2)nc1. The maximum atomic E-state index is 12.5. The van der Waals surface area contributed by atoms with Crippen LogP contribution in [0.3, 0.4) is 0 Å². The molecule has 2 heterocycles. The van der Waals surface area contributed by atoms with Gasteiger partial charge >= 0.3 is 0 Å². The molecule has 0 bridgehead atoms. The molecule has 0 spiro atoms. The first-order valence-corrected chi connectivity index (χ1v) is 4.24. The van der Waals surface area contributed by atoms with Gasteiger partial charge < -0.3 is 0 Å². The fourth-order valence-electron chi connectivity index (χ4n) is 0.980. The van der Waals surface area contributed by atoms with Gasteiger partial charge in [-0.2, -0.15) is 0 Å². The Morgan fingerprint density at radius 2 is 1.79 bits per heavy atom. The molecule has 0 saturated carbocycles. The summed E-state index contributed by atoms with van der Waals surface area (Å²) in [6.07, 6.45) is 1.13. The van der Waals surface area contributed by atoms with Crippen LogP contribution in [-0.2, 0) is 0 Å². The van der Waals surface area contributed by atoms with E-state index in [0.29, 0.717) is 16.5 Å². The van der Waals surface area contributed by atoms with Crippen LogP contribution in [0.5, 0.6) is 0 Å².